The number of carbonyl (C=O) groups excluding carboxylic acids is 1. The first-order chi connectivity index (χ1) is 23.3. The van der Waals surface area contributed by atoms with Gasteiger partial charge in [0.2, 0.25) is 5.82 Å². The van der Waals surface area contributed by atoms with Gasteiger partial charge in [-0.3, -0.25) is 14.7 Å². The molecule has 3 aromatic heterocycles. The van der Waals surface area contributed by atoms with Gasteiger partial charge < -0.3 is 24.2 Å². The summed E-state index contributed by atoms with van der Waals surface area (Å²) in [4.78, 5) is 41.7. The molecule has 2 aliphatic heterocycles. The minimum Gasteiger partial charge on any atom is -0.496 e. The van der Waals surface area contributed by atoms with Crippen LogP contribution < -0.4 is 4.74 Å². The molecule has 0 atom stereocenters. The number of fused-ring (bicyclic) bond motifs is 3. The number of aromatic nitrogens is 4. The Morgan fingerprint density at radius 1 is 1.17 bits per heavy atom. The van der Waals surface area contributed by atoms with Gasteiger partial charge in [-0.25, -0.2) is 9.97 Å². The van der Waals surface area contributed by atoms with Crippen molar-refractivity contribution in [2.45, 2.75) is 46.1 Å². The summed E-state index contributed by atoms with van der Waals surface area (Å²) in [5.41, 5.74) is 6.11. The minimum absolute atomic E-state index is 0.153. The van der Waals surface area contributed by atoms with E-state index in [2.05, 4.69) is 33.2 Å². The van der Waals surface area contributed by atoms with Crippen LogP contribution in [0.3, 0.4) is 0 Å². The molecule has 0 saturated carbocycles. The molecule has 0 unspecified atom stereocenters. The fourth-order valence-corrected chi connectivity index (χ4v) is 6.67. The van der Waals surface area contributed by atoms with Gasteiger partial charge in [0.25, 0.3) is 5.91 Å². The average Bonchev–Trinajstić information content (AvgIpc) is 3.47. The van der Waals surface area contributed by atoms with Crippen LogP contribution >= 0.6 is 0 Å². The zero-order valence-corrected chi connectivity index (χ0v) is 28.2. The molecule has 11 heteroatoms. The highest BCUT2D eigenvalue weighted by atomic mass is 16.6. The maximum absolute atomic E-state index is 14.1. The zero-order valence-electron chi connectivity index (χ0n) is 28.2. The molecule has 2 fully saturated rings. The summed E-state index contributed by atoms with van der Waals surface area (Å²) in [6.45, 7) is 18.2. The molecule has 5 heterocycles. The summed E-state index contributed by atoms with van der Waals surface area (Å²) >= 11 is 0. The van der Waals surface area contributed by atoms with Gasteiger partial charge in [0, 0.05) is 72.4 Å². The number of amides is 1. The normalized spacial score (nSPS) is 16.6. The second-order valence-electron chi connectivity index (χ2n) is 12.3. The molecule has 1 aromatic carbocycles. The van der Waals surface area contributed by atoms with E-state index in [0.29, 0.717) is 48.4 Å². The van der Waals surface area contributed by atoms with Crippen LogP contribution in [0, 0.1) is 0 Å². The fourth-order valence-electron chi connectivity index (χ4n) is 6.67. The quantitative estimate of drug-likeness (QED) is 0.122. The number of piperidine rings is 1. The highest BCUT2D eigenvalue weighted by Crippen LogP contribution is 2.38. The monoisotopic (exact) mass is 649 g/mol. The number of oxime groups is 1. The van der Waals surface area contributed by atoms with Crippen LogP contribution in [0.1, 0.15) is 61.1 Å². The van der Waals surface area contributed by atoms with Crippen molar-refractivity contribution < 1.29 is 19.1 Å². The van der Waals surface area contributed by atoms with E-state index in [1.165, 1.54) is 0 Å². The van der Waals surface area contributed by atoms with Crippen molar-refractivity contribution in [1.82, 2.24) is 29.7 Å². The third kappa shape index (κ3) is 6.74. The minimum atomic E-state index is -0.178. The largest absolute Gasteiger partial charge is 0.496 e. The lowest BCUT2D eigenvalue weighted by Crippen LogP contribution is -2.50. The molecule has 1 amide bonds. The Bertz CT molecular complexity index is 1910. The molecule has 0 bridgehead atoms. The topological polar surface area (TPSA) is 118 Å². The van der Waals surface area contributed by atoms with Crippen molar-refractivity contribution in [2.75, 3.05) is 46.5 Å². The van der Waals surface area contributed by atoms with Crippen molar-refractivity contribution in [3.8, 4) is 17.0 Å². The lowest BCUT2D eigenvalue weighted by Gasteiger charge is -2.39. The first-order valence-corrected chi connectivity index (χ1v) is 16.4. The predicted octanol–water partition coefficient (Wildman–Crippen LogP) is 6.26. The molecule has 6 rings (SSSR count). The third-order valence-corrected chi connectivity index (χ3v) is 8.97. The number of likely N-dealkylation sites (tertiary alicyclic amines) is 1. The number of allylic oxidation sites excluding steroid dienone is 2. The van der Waals surface area contributed by atoms with Gasteiger partial charge in [-0.05, 0) is 57.9 Å². The number of H-pyrrole nitrogens is 1. The SMILES string of the molecule is C=Cc1c(-c2nc(C(=O)N3CCC(N4CCOCC4)CC3)nc3[nH]c4cc(C/C(C)=N\OC(=C)C)c(OC)cc4c23)ccnc1/C=C\C. The summed E-state index contributed by atoms with van der Waals surface area (Å²) in [5, 5.41) is 5.84. The Morgan fingerprint density at radius 3 is 2.62 bits per heavy atom. The molecule has 2 saturated heterocycles. The Kier molecular flexibility index (Phi) is 9.98. The second-order valence-corrected chi connectivity index (χ2v) is 12.3. The number of pyridine rings is 1. The number of nitrogens with zero attached hydrogens (tertiary/aromatic N) is 6. The average molecular weight is 650 g/mol. The standard InChI is InChI=1S/C37H43N7O4/c1-7-9-30-27(8-2)28(10-13-38-30)34-33-29-22-32(46-6)25(20-24(5)42-48-23(3)4)21-31(29)39-35(33)41-36(40-34)37(45)44-14-11-26(12-15-44)43-16-18-47-19-17-43/h7-10,13,21-22,26H,2-3,11-12,14-20H2,1,4-6H3,(H,39,40,41)/b9-7-,42-24-. The number of nitrogens with one attached hydrogen (secondary N) is 1. The predicted molar refractivity (Wildman–Crippen MR) is 190 cm³/mol. The van der Waals surface area contributed by atoms with Crippen LogP contribution in [0.15, 0.2) is 54.5 Å². The van der Waals surface area contributed by atoms with Gasteiger partial charge in [0.05, 0.1) is 42.8 Å². The van der Waals surface area contributed by atoms with E-state index in [4.69, 9.17) is 24.3 Å². The summed E-state index contributed by atoms with van der Waals surface area (Å²) in [6, 6.07) is 6.39. The summed E-state index contributed by atoms with van der Waals surface area (Å²) in [7, 11) is 1.65. The first-order valence-electron chi connectivity index (χ1n) is 16.4. The van der Waals surface area contributed by atoms with Crippen LogP contribution in [0.2, 0.25) is 0 Å². The number of carbonyl (C=O) groups is 1. The van der Waals surface area contributed by atoms with Crippen molar-refractivity contribution in [3.63, 3.8) is 0 Å². The molecule has 0 spiro atoms. The third-order valence-electron chi connectivity index (χ3n) is 8.97. The highest BCUT2D eigenvalue weighted by molar-refractivity contribution is 6.14. The van der Waals surface area contributed by atoms with Gasteiger partial charge in [0.15, 0.2) is 0 Å². The Balaban J connectivity index is 1.45. The molecular weight excluding hydrogens is 606 g/mol. The van der Waals surface area contributed by atoms with Crippen LogP contribution in [-0.4, -0.2) is 93.9 Å². The summed E-state index contributed by atoms with van der Waals surface area (Å²) in [6.07, 6.45) is 9.74. The number of rotatable bonds is 10. The highest BCUT2D eigenvalue weighted by Gasteiger charge is 2.30. The molecule has 1 N–H and O–H groups in total. The molecular formula is C37H43N7O4. The summed E-state index contributed by atoms with van der Waals surface area (Å²) < 4.78 is 11.4. The van der Waals surface area contributed by atoms with Crippen LogP contribution in [0.25, 0.3) is 45.3 Å². The second kappa shape index (κ2) is 14.5. The molecule has 11 nitrogen and oxygen atoms in total. The van der Waals surface area contributed by atoms with Crippen molar-refractivity contribution in [2.24, 2.45) is 5.16 Å². The molecule has 48 heavy (non-hydrogen) atoms. The van der Waals surface area contributed by atoms with Gasteiger partial charge in [0.1, 0.15) is 17.2 Å². The maximum atomic E-state index is 14.1. The number of aromatic amines is 1. The lowest BCUT2D eigenvalue weighted by molar-refractivity contribution is 0.00146. The Hall–Kier alpha value is -4.87. The first kappa shape index (κ1) is 33.0. The van der Waals surface area contributed by atoms with Crippen molar-refractivity contribution >= 4 is 45.7 Å². The van der Waals surface area contributed by atoms with E-state index in [1.807, 2.05) is 49.1 Å². The van der Waals surface area contributed by atoms with E-state index >= 15 is 0 Å². The Labute approximate surface area is 281 Å². The van der Waals surface area contributed by atoms with E-state index in [1.54, 1.807) is 26.3 Å². The van der Waals surface area contributed by atoms with E-state index in [-0.39, 0.29) is 11.7 Å². The number of benzene rings is 1. The van der Waals surface area contributed by atoms with E-state index in [0.717, 1.165) is 83.5 Å². The van der Waals surface area contributed by atoms with Crippen LogP contribution in [0.4, 0.5) is 0 Å². The van der Waals surface area contributed by atoms with Crippen LogP contribution in [0.5, 0.6) is 5.75 Å². The zero-order chi connectivity index (χ0) is 33.8. The van der Waals surface area contributed by atoms with E-state index < -0.39 is 0 Å². The fraction of sp³-hybridized carbons (Fsp3) is 0.378. The van der Waals surface area contributed by atoms with Gasteiger partial charge in [-0.2, -0.15) is 0 Å². The Morgan fingerprint density at radius 2 is 1.94 bits per heavy atom. The smallest absolute Gasteiger partial charge is 0.291 e. The van der Waals surface area contributed by atoms with Gasteiger partial charge >= 0.3 is 0 Å². The number of methoxy groups -OCH3 is 1. The van der Waals surface area contributed by atoms with Crippen LogP contribution in [-0.2, 0) is 16.0 Å². The molecule has 2 aliphatic rings. The molecule has 0 aliphatic carbocycles. The number of ether oxygens (including phenoxy) is 2. The van der Waals surface area contributed by atoms with Crippen molar-refractivity contribution in [1.29, 1.82) is 0 Å². The van der Waals surface area contributed by atoms with Crippen molar-refractivity contribution in [3.05, 3.63) is 72.0 Å². The molecule has 4 aromatic rings. The van der Waals surface area contributed by atoms with Gasteiger partial charge in [-0.1, -0.05) is 30.5 Å². The molecule has 0 radical (unpaired) electrons. The molecule has 250 valence electrons. The lowest BCUT2D eigenvalue weighted by atomic mass is 9.98. The summed E-state index contributed by atoms with van der Waals surface area (Å²) in [5.74, 6) is 1.18. The number of morpholine rings is 1. The number of hydrogen-bond acceptors (Lipinski definition) is 9. The van der Waals surface area contributed by atoms with E-state index in [9.17, 15) is 4.79 Å². The maximum Gasteiger partial charge on any atom is 0.291 e. The number of hydrogen-bond donors (Lipinski definition) is 1. The van der Waals surface area contributed by atoms with Gasteiger partial charge in [-0.15, -0.1) is 0 Å².